The molecule has 6 unspecified atom stereocenters. The molecule has 0 aromatic carbocycles. The van der Waals surface area contributed by atoms with Gasteiger partial charge in [-0.05, 0) is 144 Å². The fraction of sp³-hybridized carbons (Fsp3) is 0.675. The highest BCUT2D eigenvalue weighted by molar-refractivity contribution is 5.95. The van der Waals surface area contributed by atoms with Gasteiger partial charge in [-0.2, -0.15) is 0 Å². The fourth-order valence-corrected chi connectivity index (χ4v) is 8.08. The summed E-state index contributed by atoms with van der Waals surface area (Å²) in [6.45, 7) is 32.1. The third kappa shape index (κ3) is 7.94. The molecule has 0 amide bonds. The Bertz CT molecular complexity index is 1100. The number of carbonyl (C=O) groups is 1. The van der Waals surface area contributed by atoms with Crippen molar-refractivity contribution in [2.45, 2.75) is 127 Å². The number of allylic oxidation sites excluding steroid dienone is 9. The molecule has 4 fully saturated rings. The molecule has 0 aromatic rings. The minimum atomic E-state index is 0.282. The van der Waals surface area contributed by atoms with Crippen molar-refractivity contribution < 1.29 is 4.79 Å². The van der Waals surface area contributed by atoms with Crippen LogP contribution in [-0.2, 0) is 4.79 Å². The molecule has 8 rings (SSSR count). The highest BCUT2D eigenvalue weighted by Gasteiger charge is 2.51. The number of hydrogen-bond donors (Lipinski definition) is 0. The summed E-state index contributed by atoms with van der Waals surface area (Å²) in [5, 5.41) is 0. The normalized spacial score (nSPS) is 33.6. The van der Waals surface area contributed by atoms with E-state index in [1.165, 1.54) is 62.5 Å². The van der Waals surface area contributed by atoms with Crippen molar-refractivity contribution in [2.75, 3.05) is 0 Å². The molecule has 4 saturated carbocycles. The monoisotopic (exact) mass is 558 g/mol. The summed E-state index contributed by atoms with van der Waals surface area (Å²) in [5.41, 5.74) is 9.36. The molecule has 8 aliphatic carbocycles. The van der Waals surface area contributed by atoms with Crippen LogP contribution in [0, 0.1) is 46.3 Å². The van der Waals surface area contributed by atoms with Gasteiger partial charge in [-0.25, -0.2) is 0 Å². The summed E-state index contributed by atoms with van der Waals surface area (Å²) in [6.07, 6.45) is 19.2. The molecule has 1 heteroatoms. The van der Waals surface area contributed by atoms with Crippen molar-refractivity contribution in [2.24, 2.45) is 46.3 Å². The Morgan fingerprint density at radius 3 is 1.71 bits per heavy atom. The van der Waals surface area contributed by atoms with Crippen LogP contribution in [-0.4, -0.2) is 5.78 Å². The maximum atomic E-state index is 11.2. The summed E-state index contributed by atoms with van der Waals surface area (Å²) in [5.74, 6) is 5.25. The van der Waals surface area contributed by atoms with E-state index in [0.29, 0.717) is 23.2 Å². The molecule has 1 nitrogen and oxygen atoms in total. The first-order valence-electron chi connectivity index (χ1n) is 16.6. The SMILES string of the molecule is C=C(C)C1CC=C(C)C(=O)C1.C=C(C)C1CC=C(C)CC1.C=C1CCC2CC1C2(C)C.CC1=CCC2CC1C2(C)C. The highest BCUT2D eigenvalue weighted by Crippen LogP contribution is 2.61. The summed E-state index contributed by atoms with van der Waals surface area (Å²) in [7, 11) is 0. The first-order chi connectivity index (χ1) is 19.0. The highest BCUT2D eigenvalue weighted by atomic mass is 16.1. The van der Waals surface area contributed by atoms with Crippen LogP contribution in [0.2, 0.25) is 0 Å². The van der Waals surface area contributed by atoms with E-state index in [-0.39, 0.29) is 5.78 Å². The van der Waals surface area contributed by atoms with Gasteiger partial charge in [-0.15, -0.1) is 0 Å². The van der Waals surface area contributed by atoms with E-state index < -0.39 is 0 Å². The molecule has 0 spiro atoms. The Balaban J connectivity index is 0.000000150. The summed E-state index contributed by atoms with van der Waals surface area (Å²) in [4.78, 5) is 11.2. The Hall–Kier alpha value is -1.89. The molecule has 228 valence electrons. The smallest absolute Gasteiger partial charge is 0.158 e. The van der Waals surface area contributed by atoms with E-state index in [2.05, 4.69) is 80.4 Å². The van der Waals surface area contributed by atoms with Crippen LogP contribution < -0.4 is 0 Å². The topological polar surface area (TPSA) is 17.1 Å². The first-order valence-corrected chi connectivity index (χ1v) is 16.6. The molecular formula is C40H62O. The van der Waals surface area contributed by atoms with Gasteiger partial charge in [-0.1, -0.05) is 93.5 Å². The lowest BCUT2D eigenvalue weighted by Crippen LogP contribution is -2.48. The van der Waals surface area contributed by atoms with Gasteiger partial charge in [0.05, 0.1) is 0 Å². The lowest BCUT2D eigenvalue weighted by molar-refractivity contribution is -0.116. The Kier molecular flexibility index (Phi) is 11.2. The average molecular weight is 559 g/mol. The van der Waals surface area contributed by atoms with E-state index in [1.807, 2.05) is 19.9 Å². The van der Waals surface area contributed by atoms with Gasteiger partial charge >= 0.3 is 0 Å². The minimum Gasteiger partial charge on any atom is -0.295 e. The van der Waals surface area contributed by atoms with Crippen molar-refractivity contribution in [1.29, 1.82) is 0 Å². The van der Waals surface area contributed by atoms with Gasteiger partial charge < -0.3 is 0 Å². The Morgan fingerprint density at radius 1 is 0.756 bits per heavy atom. The molecule has 8 aliphatic rings. The van der Waals surface area contributed by atoms with Crippen molar-refractivity contribution >= 4 is 5.78 Å². The van der Waals surface area contributed by atoms with E-state index in [4.69, 9.17) is 0 Å². The van der Waals surface area contributed by atoms with Gasteiger partial charge in [0.1, 0.15) is 0 Å². The zero-order valence-corrected chi connectivity index (χ0v) is 28.3. The van der Waals surface area contributed by atoms with Crippen molar-refractivity contribution in [3.63, 3.8) is 0 Å². The van der Waals surface area contributed by atoms with Crippen LogP contribution in [0.25, 0.3) is 0 Å². The van der Waals surface area contributed by atoms with Crippen LogP contribution in [0.3, 0.4) is 0 Å². The van der Waals surface area contributed by atoms with Crippen LogP contribution in [0.1, 0.15) is 127 Å². The molecule has 0 aliphatic heterocycles. The first kappa shape index (κ1) is 33.6. The molecule has 0 saturated heterocycles. The predicted molar refractivity (Wildman–Crippen MR) is 180 cm³/mol. The predicted octanol–water partition coefficient (Wildman–Crippen LogP) is 11.8. The lowest BCUT2D eigenvalue weighted by Gasteiger charge is -2.57. The van der Waals surface area contributed by atoms with Gasteiger partial charge in [0, 0.05) is 6.42 Å². The van der Waals surface area contributed by atoms with E-state index in [9.17, 15) is 4.79 Å². The quantitative estimate of drug-likeness (QED) is 0.308. The molecule has 0 N–H and O–H groups in total. The zero-order valence-electron chi connectivity index (χ0n) is 28.3. The standard InChI is InChI=1S/C10H14O.3C10H16/c1-7(2)9-5-4-8(3)10(11)6-9;2*1-7-4-5-8-6-9(7)10(8,2)3;1-8(2)10-6-4-9(3)5-7-10/h4,9H,1,5-6H2,2-3H3;4,8-9H,5-6H2,1-3H3;8-9H,1,4-6H2,2-3H3;4,10H,1,5-7H2,2-3H3. The van der Waals surface area contributed by atoms with Crippen molar-refractivity contribution in [1.82, 2.24) is 0 Å². The van der Waals surface area contributed by atoms with Crippen LogP contribution in [0.5, 0.6) is 0 Å². The molecule has 41 heavy (non-hydrogen) atoms. The summed E-state index contributed by atoms with van der Waals surface area (Å²) < 4.78 is 0. The van der Waals surface area contributed by atoms with Crippen LogP contribution in [0.4, 0.5) is 0 Å². The maximum Gasteiger partial charge on any atom is 0.158 e. The molecular weight excluding hydrogens is 496 g/mol. The second-order valence-electron chi connectivity index (χ2n) is 15.7. The molecule has 0 radical (unpaired) electrons. The van der Waals surface area contributed by atoms with Gasteiger partial charge in [0.25, 0.3) is 0 Å². The maximum absolute atomic E-state index is 11.2. The van der Waals surface area contributed by atoms with Gasteiger partial charge in [0.2, 0.25) is 0 Å². The lowest BCUT2D eigenvalue weighted by atomic mass is 9.47. The van der Waals surface area contributed by atoms with Gasteiger partial charge in [0.15, 0.2) is 5.78 Å². The number of hydrogen-bond acceptors (Lipinski definition) is 1. The number of rotatable bonds is 2. The second-order valence-corrected chi connectivity index (χ2v) is 15.7. The third-order valence-electron chi connectivity index (χ3n) is 12.1. The minimum absolute atomic E-state index is 0.282. The van der Waals surface area contributed by atoms with E-state index in [0.717, 1.165) is 47.2 Å². The zero-order chi connectivity index (χ0) is 30.7. The Morgan fingerprint density at radius 2 is 1.34 bits per heavy atom. The molecule has 0 aromatic heterocycles. The number of fused-ring (bicyclic) bond motifs is 3. The van der Waals surface area contributed by atoms with Crippen LogP contribution >= 0.6 is 0 Å². The van der Waals surface area contributed by atoms with Crippen molar-refractivity contribution in [3.05, 3.63) is 71.4 Å². The largest absolute Gasteiger partial charge is 0.295 e. The number of Topliss-reactive ketones (excluding diaryl/α,β-unsaturated/α-hetero) is 1. The third-order valence-corrected chi connectivity index (χ3v) is 12.1. The second kappa shape index (κ2) is 13.6. The number of ketones is 1. The van der Waals surface area contributed by atoms with Crippen LogP contribution in [0.15, 0.2) is 71.4 Å². The van der Waals surface area contributed by atoms with Gasteiger partial charge in [-0.3, -0.25) is 4.79 Å². The van der Waals surface area contributed by atoms with Crippen molar-refractivity contribution in [3.8, 4) is 0 Å². The fourth-order valence-electron chi connectivity index (χ4n) is 8.08. The average Bonchev–Trinajstić information content (AvgIpc) is 2.91. The molecule has 4 bridgehead atoms. The van der Waals surface area contributed by atoms with E-state index in [1.54, 1.807) is 11.1 Å². The summed E-state index contributed by atoms with van der Waals surface area (Å²) in [6, 6.07) is 0. The molecule has 0 heterocycles. The van der Waals surface area contributed by atoms with E-state index >= 15 is 0 Å². The molecule has 6 atom stereocenters. The Labute approximate surface area is 254 Å². The summed E-state index contributed by atoms with van der Waals surface area (Å²) >= 11 is 0. The number of carbonyl (C=O) groups excluding carboxylic acids is 1.